The predicted molar refractivity (Wildman–Crippen MR) is 80.3 cm³/mol. The maximum absolute atomic E-state index is 10.7. The molecule has 1 saturated carbocycles. The number of aliphatic hydroxyl groups is 1. The van der Waals surface area contributed by atoms with Gasteiger partial charge in [0.25, 0.3) is 0 Å². The van der Waals surface area contributed by atoms with Gasteiger partial charge in [-0.05, 0) is 49.9 Å². The van der Waals surface area contributed by atoms with E-state index < -0.39 is 6.10 Å². The van der Waals surface area contributed by atoms with Gasteiger partial charge in [0.15, 0.2) is 0 Å². The normalized spacial score (nSPS) is 15.8. The van der Waals surface area contributed by atoms with Crippen LogP contribution in [0, 0.1) is 6.92 Å². The standard InChI is InChI=1S/C17H20N2O2/c1-3-16-15(9-11(2)18-19-16)17(20)12-5-4-6-14(10-12)21-13-7-8-13/h4-6,9-10,13,17,20H,3,7-8H2,1-2H3. The molecule has 1 unspecified atom stereocenters. The van der Waals surface area contributed by atoms with Gasteiger partial charge in [-0.15, -0.1) is 0 Å². The second-order valence-electron chi connectivity index (χ2n) is 5.53. The minimum atomic E-state index is -0.697. The van der Waals surface area contributed by atoms with Crippen molar-refractivity contribution in [1.29, 1.82) is 0 Å². The summed E-state index contributed by atoms with van der Waals surface area (Å²) in [5, 5.41) is 18.9. The molecular weight excluding hydrogens is 264 g/mol. The monoisotopic (exact) mass is 284 g/mol. The Morgan fingerprint density at radius 2 is 2.10 bits per heavy atom. The van der Waals surface area contributed by atoms with E-state index in [1.807, 2.05) is 44.2 Å². The molecule has 0 spiro atoms. The Balaban J connectivity index is 1.90. The molecular formula is C17H20N2O2. The first-order chi connectivity index (χ1) is 10.2. The van der Waals surface area contributed by atoms with E-state index in [0.29, 0.717) is 6.10 Å². The van der Waals surface area contributed by atoms with Crippen molar-refractivity contribution >= 4 is 0 Å². The van der Waals surface area contributed by atoms with Gasteiger partial charge >= 0.3 is 0 Å². The highest BCUT2D eigenvalue weighted by Crippen LogP contribution is 2.30. The lowest BCUT2D eigenvalue weighted by atomic mass is 9.99. The van der Waals surface area contributed by atoms with Crippen LogP contribution in [-0.2, 0) is 6.42 Å². The molecule has 1 aliphatic carbocycles. The van der Waals surface area contributed by atoms with Crippen LogP contribution in [0.25, 0.3) is 0 Å². The van der Waals surface area contributed by atoms with Gasteiger partial charge in [-0.3, -0.25) is 0 Å². The number of aliphatic hydroxyl groups excluding tert-OH is 1. The minimum absolute atomic E-state index is 0.355. The van der Waals surface area contributed by atoms with Crippen molar-refractivity contribution in [1.82, 2.24) is 10.2 Å². The highest BCUT2D eigenvalue weighted by Gasteiger charge is 2.24. The van der Waals surface area contributed by atoms with Crippen molar-refractivity contribution < 1.29 is 9.84 Å². The highest BCUT2D eigenvalue weighted by atomic mass is 16.5. The zero-order chi connectivity index (χ0) is 14.8. The smallest absolute Gasteiger partial charge is 0.120 e. The van der Waals surface area contributed by atoms with Gasteiger partial charge < -0.3 is 9.84 Å². The van der Waals surface area contributed by atoms with E-state index >= 15 is 0 Å². The number of rotatable bonds is 5. The Morgan fingerprint density at radius 3 is 2.81 bits per heavy atom. The first kappa shape index (κ1) is 14.0. The Labute approximate surface area is 124 Å². The van der Waals surface area contributed by atoms with E-state index in [1.165, 1.54) is 0 Å². The maximum Gasteiger partial charge on any atom is 0.120 e. The van der Waals surface area contributed by atoms with E-state index in [2.05, 4.69) is 10.2 Å². The summed E-state index contributed by atoms with van der Waals surface area (Å²) >= 11 is 0. The molecule has 1 atom stereocenters. The van der Waals surface area contributed by atoms with E-state index in [0.717, 1.165) is 47.5 Å². The summed E-state index contributed by atoms with van der Waals surface area (Å²) in [6.45, 7) is 3.90. The second-order valence-corrected chi connectivity index (χ2v) is 5.53. The molecule has 3 rings (SSSR count). The molecule has 1 aliphatic rings. The maximum atomic E-state index is 10.7. The molecule has 4 nitrogen and oxygen atoms in total. The third-order valence-corrected chi connectivity index (χ3v) is 3.66. The van der Waals surface area contributed by atoms with Crippen molar-refractivity contribution in [2.24, 2.45) is 0 Å². The summed E-state index contributed by atoms with van der Waals surface area (Å²) in [5.74, 6) is 0.825. The molecule has 1 aromatic carbocycles. The van der Waals surface area contributed by atoms with Gasteiger partial charge in [-0.2, -0.15) is 10.2 Å². The van der Waals surface area contributed by atoms with Gasteiger partial charge in [0.1, 0.15) is 11.9 Å². The first-order valence-electron chi connectivity index (χ1n) is 7.45. The number of hydrogen-bond donors (Lipinski definition) is 1. The van der Waals surface area contributed by atoms with Crippen LogP contribution in [-0.4, -0.2) is 21.4 Å². The summed E-state index contributed by atoms with van der Waals surface area (Å²) in [7, 11) is 0. The van der Waals surface area contributed by atoms with Gasteiger partial charge in [-0.1, -0.05) is 19.1 Å². The molecule has 1 fully saturated rings. The average molecular weight is 284 g/mol. The topological polar surface area (TPSA) is 55.2 Å². The van der Waals surface area contributed by atoms with Crippen LogP contribution in [0.15, 0.2) is 30.3 Å². The predicted octanol–water partition coefficient (Wildman–Crippen LogP) is 2.97. The van der Waals surface area contributed by atoms with E-state index in [9.17, 15) is 5.11 Å². The van der Waals surface area contributed by atoms with Crippen LogP contribution in [0.2, 0.25) is 0 Å². The van der Waals surface area contributed by atoms with Crippen molar-refractivity contribution in [2.45, 2.75) is 45.3 Å². The zero-order valence-corrected chi connectivity index (χ0v) is 12.4. The van der Waals surface area contributed by atoms with E-state index in [4.69, 9.17) is 4.74 Å². The van der Waals surface area contributed by atoms with Gasteiger partial charge in [0.05, 0.1) is 17.5 Å². The highest BCUT2D eigenvalue weighted by molar-refractivity contribution is 5.37. The largest absolute Gasteiger partial charge is 0.490 e. The summed E-state index contributed by atoms with van der Waals surface area (Å²) in [6, 6.07) is 9.59. The van der Waals surface area contributed by atoms with Crippen molar-refractivity contribution in [2.75, 3.05) is 0 Å². The SMILES string of the molecule is CCc1nnc(C)cc1C(O)c1cccc(OC2CC2)c1. The summed E-state index contributed by atoms with van der Waals surface area (Å²) in [4.78, 5) is 0. The summed E-state index contributed by atoms with van der Waals surface area (Å²) < 4.78 is 5.79. The molecule has 1 aromatic heterocycles. The lowest BCUT2D eigenvalue weighted by molar-refractivity contribution is 0.217. The van der Waals surface area contributed by atoms with E-state index in [-0.39, 0.29) is 0 Å². The zero-order valence-electron chi connectivity index (χ0n) is 12.4. The lowest BCUT2D eigenvalue weighted by Gasteiger charge is -2.16. The molecule has 0 saturated heterocycles. The number of nitrogens with zero attached hydrogens (tertiary/aromatic N) is 2. The number of benzene rings is 1. The van der Waals surface area contributed by atoms with Crippen LogP contribution >= 0.6 is 0 Å². The van der Waals surface area contributed by atoms with Gasteiger partial charge in [0.2, 0.25) is 0 Å². The van der Waals surface area contributed by atoms with Gasteiger partial charge in [-0.25, -0.2) is 0 Å². The third kappa shape index (κ3) is 3.22. The van der Waals surface area contributed by atoms with Crippen LogP contribution in [0.3, 0.4) is 0 Å². The molecule has 0 amide bonds. The first-order valence-corrected chi connectivity index (χ1v) is 7.45. The van der Waals surface area contributed by atoms with Crippen LogP contribution in [0.4, 0.5) is 0 Å². The Bertz CT molecular complexity index is 638. The molecule has 1 N–H and O–H groups in total. The number of hydrogen-bond acceptors (Lipinski definition) is 4. The molecule has 2 aromatic rings. The van der Waals surface area contributed by atoms with Crippen LogP contribution in [0.5, 0.6) is 5.75 Å². The van der Waals surface area contributed by atoms with Crippen molar-refractivity contribution in [3.8, 4) is 5.75 Å². The molecule has 21 heavy (non-hydrogen) atoms. The lowest BCUT2D eigenvalue weighted by Crippen LogP contribution is -2.08. The van der Waals surface area contributed by atoms with Crippen LogP contribution < -0.4 is 4.74 Å². The fourth-order valence-electron chi connectivity index (χ4n) is 2.36. The molecule has 110 valence electrons. The van der Waals surface area contributed by atoms with Gasteiger partial charge in [0, 0.05) is 5.56 Å². The third-order valence-electron chi connectivity index (χ3n) is 3.66. The summed E-state index contributed by atoms with van der Waals surface area (Å²) in [6.07, 6.45) is 2.66. The van der Waals surface area contributed by atoms with E-state index in [1.54, 1.807) is 0 Å². The molecule has 1 heterocycles. The van der Waals surface area contributed by atoms with Crippen molar-refractivity contribution in [3.63, 3.8) is 0 Å². The quantitative estimate of drug-likeness (QED) is 0.917. The Hall–Kier alpha value is -1.94. The molecule has 0 radical (unpaired) electrons. The van der Waals surface area contributed by atoms with Crippen LogP contribution in [0.1, 0.15) is 48.4 Å². The minimum Gasteiger partial charge on any atom is -0.490 e. The summed E-state index contributed by atoms with van der Waals surface area (Å²) in [5.41, 5.74) is 3.30. The molecule has 4 heteroatoms. The molecule has 0 bridgehead atoms. The number of ether oxygens (including phenoxy) is 1. The number of aromatic nitrogens is 2. The van der Waals surface area contributed by atoms with Crippen molar-refractivity contribution in [3.05, 3.63) is 52.8 Å². The Morgan fingerprint density at radius 1 is 1.29 bits per heavy atom. The number of aryl methyl sites for hydroxylation is 2. The average Bonchev–Trinajstić information content (AvgIpc) is 3.30. The Kier molecular flexibility index (Phi) is 3.88. The fraction of sp³-hybridized carbons (Fsp3) is 0.412. The second kappa shape index (κ2) is 5.82. The molecule has 0 aliphatic heterocycles. The fourth-order valence-corrected chi connectivity index (χ4v) is 2.36.